The van der Waals surface area contributed by atoms with Crippen LogP contribution in [0.2, 0.25) is 0 Å². The number of nitrogens with zero attached hydrogens (tertiary/aromatic N) is 1. The molecule has 80 valence electrons. The Bertz CT molecular complexity index is 274. The summed E-state index contributed by atoms with van der Waals surface area (Å²) in [5, 5.41) is 0. The third-order valence-corrected chi connectivity index (χ3v) is 4.36. The van der Waals surface area contributed by atoms with Crippen molar-refractivity contribution in [1.82, 2.24) is 0 Å². The molecular weight excluding hydrogens is 190 g/mol. The van der Waals surface area contributed by atoms with E-state index in [1.165, 1.54) is 23.4 Å². The molecule has 0 aliphatic heterocycles. The van der Waals surface area contributed by atoms with Crippen molar-refractivity contribution in [3.8, 4) is 0 Å². The van der Waals surface area contributed by atoms with E-state index in [1.54, 1.807) is 0 Å². The molecular formula is C12H21NS. The van der Waals surface area contributed by atoms with Crippen LogP contribution in [0.3, 0.4) is 0 Å². The predicted molar refractivity (Wildman–Crippen MR) is 66.9 cm³/mol. The molecule has 0 saturated heterocycles. The summed E-state index contributed by atoms with van der Waals surface area (Å²) in [7, 11) is 0. The molecule has 0 radical (unpaired) electrons. The molecule has 0 aromatic rings. The maximum atomic E-state index is 4.26. The average molecular weight is 211 g/mol. The van der Waals surface area contributed by atoms with Gasteiger partial charge >= 0.3 is 0 Å². The maximum absolute atomic E-state index is 4.26. The highest BCUT2D eigenvalue weighted by Crippen LogP contribution is 2.52. The molecule has 0 atom stereocenters. The lowest BCUT2D eigenvalue weighted by atomic mass is 9.70. The van der Waals surface area contributed by atoms with Crippen molar-refractivity contribution in [1.29, 1.82) is 0 Å². The summed E-state index contributed by atoms with van der Waals surface area (Å²) in [6, 6.07) is 0. The summed E-state index contributed by atoms with van der Waals surface area (Å²) in [5.41, 5.74) is 1.70. The highest BCUT2D eigenvalue weighted by atomic mass is 32.2. The number of rotatable bonds is 2. The standard InChI is InChI=1S/C12H21NS/c1-11(2)7-8-12(3,4)10(14-6)9(11)13-5/h5,7-8H2,1-4,6H3. The van der Waals surface area contributed by atoms with Crippen LogP contribution < -0.4 is 0 Å². The van der Waals surface area contributed by atoms with E-state index >= 15 is 0 Å². The Morgan fingerprint density at radius 2 is 1.64 bits per heavy atom. The smallest absolute Gasteiger partial charge is 0.0552 e. The van der Waals surface area contributed by atoms with Crippen LogP contribution in [0, 0.1) is 10.8 Å². The van der Waals surface area contributed by atoms with Crippen molar-refractivity contribution in [3.05, 3.63) is 10.6 Å². The van der Waals surface area contributed by atoms with Gasteiger partial charge in [-0.25, -0.2) is 0 Å². The van der Waals surface area contributed by atoms with E-state index < -0.39 is 0 Å². The minimum atomic E-state index is 0.204. The van der Waals surface area contributed by atoms with Crippen LogP contribution in [-0.2, 0) is 0 Å². The zero-order valence-corrected chi connectivity index (χ0v) is 10.8. The van der Waals surface area contributed by atoms with Crippen LogP contribution >= 0.6 is 11.8 Å². The first-order valence-electron chi connectivity index (χ1n) is 5.11. The van der Waals surface area contributed by atoms with Crippen molar-refractivity contribution >= 4 is 18.5 Å². The SMILES string of the molecule is C=NC1=C(SC)C(C)(C)CCC1(C)C. The van der Waals surface area contributed by atoms with Gasteiger partial charge in [0.15, 0.2) is 0 Å². The summed E-state index contributed by atoms with van der Waals surface area (Å²) >= 11 is 1.83. The molecule has 1 aliphatic carbocycles. The van der Waals surface area contributed by atoms with Gasteiger partial charge in [-0.05, 0) is 31.2 Å². The van der Waals surface area contributed by atoms with Crippen molar-refractivity contribution in [2.75, 3.05) is 6.26 Å². The highest BCUT2D eigenvalue weighted by Gasteiger charge is 2.38. The Balaban J connectivity index is 3.27. The second-order valence-electron chi connectivity index (χ2n) is 5.31. The molecule has 0 aromatic carbocycles. The van der Waals surface area contributed by atoms with Crippen molar-refractivity contribution in [2.24, 2.45) is 15.8 Å². The van der Waals surface area contributed by atoms with Crippen LogP contribution in [0.25, 0.3) is 0 Å². The van der Waals surface area contributed by atoms with Gasteiger partial charge in [-0.2, -0.15) is 0 Å². The van der Waals surface area contributed by atoms with Gasteiger partial charge in [-0.3, -0.25) is 4.99 Å². The molecule has 0 N–H and O–H groups in total. The normalized spacial score (nSPS) is 24.9. The van der Waals surface area contributed by atoms with E-state index in [0.29, 0.717) is 0 Å². The minimum Gasteiger partial charge on any atom is -0.268 e. The lowest BCUT2D eigenvalue weighted by molar-refractivity contribution is 0.273. The molecule has 14 heavy (non-hydrogen) atoms. The summed E-state index contributed by atoms with van der Waals surface area (Å²) in [6.07, 6.45) is 4.59. The lowest BCUT2D eigenvalue weighted by Crippen LogP contribution is -2.29. The number of thioether (sulfide) groups is 1. The third kappa shape index (κ3) is 1.90. The summed E-state index contributed by atoms with van der Waals surface area (Å²) in [4.78, 5) is 5.68. The molecule has 0 aromatic heterocycles. The Hall–Kier alpha value is -0.240. The van der Waals surface area contributed by atoms with Gasteiger partial charge in [0.1, 0.15) is 0 Å². The Labute approximate surface area is 92.1 Å². The lowest BCUT2D eigenvalue weighted by Gasteiger charge is -2.41. The molecule has 2 heteroatoms. The Morgan fingerprint density at radius 3 is 2.00 bits per heavy atom. The molecule has 0 fully saturated rings. The number of allylic oxidation sites excluding steroid dienone is 2. The van der Waals surface area contributed by atoms with E-state index in [9.17, 15) is 0 Å². The van der Waals surface area contributed by atoms with Crippen molar-refractivity contribution in [2.45, 2.75) is 40.5 Å². The van der Waals surface area contributed by atoms with Gasteiger partial charge in [0.2, 0.25) is 0 Å². The first-order valence-corrected chi connectivity index (χ1v) is 6.33. The maximum Gasteiger partial charge on any atom is 0.0552 e. The van der Waals surface area contributed by atoms with Crippen LogP contribution in [0.5, 0.6) is 0 Å². The van der Waals surface area contributed by atoms with Gasteiger partial charge in [0, 0.05) is 10.3 Å². The quantitative estimate of drug-likeness (QED) is 0.626. The number of aliphatic imine (C=N–C) groups is 1. The third-order valence-electron chi connectivity index (χ3n) is 3.21. The zero-order chi connectivity index (χ0) is 11.0. The fourth-order valence-corrected chi connectivity index (χ4v) is 3.33. The summed E-state index contributed by atoms with van der Waals surface area (Å²) in [6.45, 7) is 12.9. The van der Waals surface area contributed by atoms with Crippen LogP contribution in [0.15, 0.2) is 15.6 Å². The molecule has 0 bridgehead atoms. The van der Waals surface area contributed by atoms with Crippen LogP contribution in [-0.4, -0.2) is 13.0 Å². The topological polar surface area (TPSA) is 12.4 Å². The zero-order valence-electron chi connectivity index (χ0n) is 9.98. The van der Waals surface area contributed by atoms with E-state index in [4.69, 9.17) is 0 Å². The first kappa shape index (κ1) is 11.8. The van der Waals surface area contributed by atoms with E-state index in [1.807, 2.05) is 11.8 Å². The molecule has 0 unspecified atom stereocenters. The molecule has 0 heterocycles. The fourth-order valence-electron chi connectivity index (χ4n) is 2.14. The summed E-state index contributed by atoms with van der Waals surface area (Å²) < 4.78 is 0. The van der Waals surface area contributed by atoms with Gasteiger partial charge in [-0.15, -0.1) is 11.8 Å². The van der Waals surface area contributed by atoms with Crippen LogP contribution in [0.1, 0.15) is 40.5 Å². The highest BCUT2D eigenvalue weighted by molar-refractivity contribution is 8.02. The predicted octanol–water partition coefficient (Wildman–Crippen LogP) is 4.11. The fraction of sp³-hybridized carbons (Fsp3) is 0.750. The average Bonchev–Trinajstić information content (AvgIpc) is 2.09. The van der Waals surface area contributed by atoms with E-state index in [0.717, 1.165) is 0 Å². The van der Waals surface area contributed by atoms with E-state index in [2.05, 4.69) is 45.7 Å². The second kappa shape index (κ2) is 3.73. The Kier molecular flexibility index (Phi) is 3.15. The monoisotopic (exact) mass is 211 g/mol. The second-order valence-corrected chi connectivity index (χ2v) is 6.12. The van der Waals surface area contributed by atoms with Crippen molar-refractivity contribution < 1.29 is 0 Å². The van der Waals surface area contributed by atoms with Gasteiger partial charge in [-0.1, -0.05) is 27.7 Å². The molecule has 1 aliphatic rings. The van der Waals surface area contributed by atoms with Gasteiger partial charge in [0.05, 0.1) is 5.70 Å². The summed E-state index contributed by atoms with van der Waals surface area (Å²) in [5.74, 6) is 0. The molecule has 0 amide bonds. The van der Waals surface area contributed by atoms with Crippen molar-refractivity contribution in [3.63, 3.8) is 0 Å². The van der Waals surface area contributed by atoms with Gasteiger partial charge in [0.25, 0.3) is 0 Å². The first-order chi connectivity index (χ1) is 6.35. The number of hydrogen-bond acceptors (Lipinski definition) is 2. The van der Waals surface area contributed by atoms with Gasteiger partial charge < -0.3 is 0 Å². The van der Waals surface area contributed by atoms with E-state index in [-0.39, 0.29) is 10.8 Å². The largest absolute Gasteiger partial charge is 0.268 e. The Morgan fingerprint density at radius 1 is 1.14 bits per heavy atom. The number of hydrogen-bond donors (Lipinski definition) is 0. The molecule has 1 nitrogen and oxygen atoms in total. The van der Waals surface area contributed by atoms with Crippen LogP contribution in [0.4, 0.5) is 0 Å². The molecule has 0 saturated carbocycles. The molecule has 0 spiro atoms. The molecule has 1 rings (SSSR count). The minimum absolute atomic E-state index is 0.204.